The zero-order valence-corrected chi connectivity index (χ0v) is 11.3. The number of nitro benzene ring substituents is 1. The summed E-state index contributed by atoms with van der Waals surface area (Å²) < 4.78 is -0.439. The highest BCUT2D eigenvalue weighted by atomic mass is 32.2. The molecule has 7 heteroatoms. The topological polar surface area (TPSA) is 99.9 Å². The molecule has 0 amide bonds. The van der Waals surface area contributed by atoms with E-state index in [1.807, 2.05) is 13.8 Å². The molecule has 2 N–H and O–H groups in total. The first kappa shape index (κ1) is 13.8. The Morgan fingerprint density at radius 2 is 1.95 bits per heavy atom. The van der Waals surface area contributed by atoms with E-state index in [1.54, 1.807) is 17.4 Å². The quantitative estimate of drug-likeness (QED) is 0.611. The summed E-state index contributed by atoms with van der Waals surface area (Å²) in [6, 6.07) is 5.57. The van der Waals surface area contributed by atoms with Gasteiger partial charge >= 0.3 is 0 Å². The standard InChI is InChI=1S/C12H14N2O4S/c1-12(2)9(11(15)16)13-10(19-12)7-3-5-8(6-4-7)14(17)18/h3-6,9-10,13H,1-2H3,(H,15,16)/t9-,10-/m0/s1. The molecule has 1 aromatic rings. The predicted molar refractivity (Wildman–Crippen MR) is 68.2 cm³/mol. The minimum Gasteiger partial charge on any atom is -0.544 e. The maximum atomic E-state index is 11.1. The zero-order chi connectivity index (χ0) is 14.2. The third-order valence-electron chi connectivity index (χ3n) is 3.23. The van der Waals surface area contributed by atoms with Crippen molar-refractivity contribution in [2.75, 3.05) is 0 Å². The molecule has 0 aromatic heterocycles. The number of carbonyl (C=O) groups is 1. The van der Waals surface area contributed by atoms with Crippen LogP contribution in [0.15, 0.2) is 24.3 Å². The van der Waals surface area contributed by atoms with E-state index in [-0.39, 0.29) is 11.1 Å². The molecule has 0 radical (unpaired) electrons. The van der Waals surface area contributed by atoms with Crippen LogP contribution in [-0.2, 0) is 4.79 Å². The van der Waals surface area contributed by atoms with Crippen molar-refractivity contribution in [1.29, 1.82) is 0 Å². The molecule has 0 bridgehead atoms. The lowest BCUT2D eigenvalue weighted by atomic mass is 10.0. The van der Waals surface area contributed by atoms with Crippen molar-refractivity contribution in [3.8, 4) is 0 Å². The van der Waals surface area contributed by atoms with Gasteiger partial charge in [0.1, 0.15) is 12.0 Å². The fraction of sp³-hybridized carbons (Fsp3) is 0.417. The fourth-order valence-corrected chi connectivity index (χ4v) is 3.68. The Hall–Kier alpha value is -1.60. The van der Waals surface area contributed by atoms with Crippen molar-refractivity contribution in [2.24, 2.45) is 0 Å². The van der Waals surface area contributed by atoms with Crippen molar-refractivity contribution in [1.82, 2.24) is 0 Å². The Kier molecular flexibility index (Phi) is 3.51. The lowest BCUT2D eigenvalue weighted by Crippen LogP contribution is -2.92. The van der Waals surface area contributed by atoms with E-state index in [1.165, 1.54) is 23.9 Å². The minimum absolute atomic E-state index is 0.0301. The van der Waals surface area contributed by atoms with Gasteiger partial charge in [0.15, 0.2) is 5.37 Å². The van der Waals surface area contributed by atoms with E-state index in [4.69, 9.17) is 0 Å². The molecule has 1 aliphatic heterocycles. The number of nitrogens with zero attached hydrogens (tertiary/aromatic N) is 1. The molecular weight excluding hydrogens is 268 g/mol. The number of nitrogens with two attached hydrogens (primary N) is 1. The molecule has 102 valence electrons. The molecule has 1 fully saturated rings. The van der Waals surface area contributed by atoms with Gasteiger partial charge in [-0.3, -0.25) is 10.1 Å². The van der Waals surface area contributed by atoms with Crippen LogP contribution in [0.25, 0.3) is 0 Å². The largest absolute Gasteiger partial charge is 0.544 e. The maximum absolute atomic E-state index is 11.1. The number of hydrogen-bond donors (Lipinski definition) is 1. The van der Waals surface area contributed by atoms with Crippen LogP contribution >= 0.6 is 11.8 Å². The fourth-order valence-electron chi connectivity index (χ4n) is 2.17. The van der Waals surface area contributed by atoms with E-state index < -0.39 is 21.7 Å². The van der Waals surface area contributed by atoms with Gasteiger partial charge in [-0.25, -0.2) is 0 Å². The second kappa shape index (κ2) is 4.82. The lowest BCUT2D eigenvalue weighted by molar-refractivity contribution is -0.695. The Bertz CT molecular complexity index is 515. The highest BCUT2D eigenvalue weighted by molar-refractivity contribution is 8.00. The van der Waals surface area contributed by atoms with Gasteiger partial charge in [-0.05, 0) is 26.0 Å². The van der Waals surface area contributed by atoms with Crippen LogP contribution in [0, 0.1) is 10.1 Å². The van der Waals surface area contributed by atoms with E-state index in [9.17, 15) is 20.0 Å². The summed E-state index contributed by atoms with van der Waals surface area (Å²) in [5.41, 5.74) is 0.898. The van der Waals surface area contributed by atoms with Crippen molar-refractivity contribution in [3.63, 3.8) is 0 Å². The van der Waals surface area contributed by atoms with Crippen LogP contribution in [0.3, 0.4) is 0 Å². The molecule has 1 aliphatic rings. The number of carbonyl (C=O) groups excluding carboxylic acids is 1. The summed E-state index contributed by atoms with van der Waals surface area (Å²) >= 11 is 1.53. The first-order valence-corrected chi connectivity index (χ1v) is 6.67. The van der Waals surface area contributed by atoms with Crippen LogP contribution in [0.2, 0.25) is 0 Å². The van der Waals surface area contributed by atoms with Gasteiger partial charge in [0.05, 0.1) is 9.67 Å². The van der Waals surface area contributed by atoms with Crippen LogP contribution in [-0.4, -0.2) is 21.7 Å². The SMILES string of the molecule is CC1(C)S[C@@H](c2ccc([N+](=O)[O-])cc2)[NH2+][C@H]1C(=O)[O-]. The number of carboxylic acid groups (broad SMARTS) is 1. The average molecular weight is 282 g/mol. The number of thioether (sulfide) groups is 1. The number of rotatable bonds is 3. The highest BCUT2D eigenvalue weighted by Gasteiger charge is 2.46. The molecule has 1 saturated heterocycles. The Morgan fingerprint density at radius 3 is 2.37 bits per heavy atom. The van der Waals surface area contributed by atoms with Crippen LogP contribution in [0.5, 0.6) is 0 Å². The normalized spacial score (nSPS) is 25.2. The first-order valence-electron chi connectivity index (χ1n) is 5.79. The van der Waals surface area contributed by atoms with Gasteiger partial charge in [0.25, 0.3) is 5.69 Å². The van der Waals surface area contributed by atoms with Crippen molar-refractivity contribution in [2.45, 2.75) is 30.0 Å². The second-order valence-corrected chi connectivity index (χ2v) is 6.78. The molecule has 0 unspecified atom stereocenters. The average Bonchev–Trinajstić information content (AvgIpc) is 2.65. The van der Waals surface area contributed by atoms with Gasteiger partial charge in [0, 0.05) is 17.7 Å². The summed E-state index contributed by atoms with van der Waals surface area (Å²) in [6.07, 6.45) is 0. The summed E-state index contributed by atoms with van der Waals surface area (Å²) in [4.78, 5) is 21.2. The smallest absolute Gasteiger partial charge is 0.269 e. The van der Waals surface area contributed by atoms with Gasteiger partial charge in [-0.2, -0.15) is 0 Å². The third kappa shape index (κ3) is 2.71. The molecule has 19 heavy (non-hydrogen) atoms. The van der Waals surface area contributed by atoms with Crippen molar-refractivity contribution >= 4 is 23.4 Å². The minimum atomic E-state index is -1.08. The number of benzene rings is 1. The van der Waals surface area contributed by atoms with E-state index in [2.05, 4.69) is 0 Å². The molecule has 0 saturated carbocycles. The van der Waals surface area contributed by atoms with E-state index in [0.717, 1.165) is 5.56 Å². The van der Waals surface area contributed by atoms with Gasteiger partial charge in [0.2, 0.25) is 0 Å². The van der Waals surface area contributed by atoms with Crippen molar-refractivity contribution in [3.05, 3.63) is 39.9 Å². The number of quaternary nitrogens is 1. The highest BCUT2D eigenvalue weighted by Crippen LogP contribution is 2.40. The van der Waals surface area contributed by atoms with E-state index >= 15 is 0 Å². The Labute approximate surface area is 114 Å². The molecule has 6 nitrogen and oxygen atoms in total. The second-order valence-electron chi connectivity index (χ2n) is 4.98. The maximum Gasteiger partial charge on any atom is 0.269 e. The van der Waals surface area contributed by atoms with Crippen LogP contribution < -0.4 is 10.4 Å². The number of hydrogen-bond acceptors (Lipinski definition) is 5. The lowest BCUT2D eigenvalue weighted by Gasteiger charge is -2.21. The van der Waals surface area contributed by atoms with Gasteiger partial charge < -0.3 is 15.2 Å². The molecule has 1 aromatic carbocycles. The number of nitro groups is 1. The van der Waals surface area contributed by atoms with Gasteiger partial charge in [-0.1, -0.05) is 11.8 Å². The number of aliphatic carboxylic acids is 1. The zero-order valence-electron chi connectivity index (χ0n) is 10.5. The van der Waals surface area contributed by atoms with Gasteiger partial charge in [-0.15, -0.1) is 0 Å². The number of non-ortho nitro benzene ring substituents is 1. The van der Waals surface area contributed by atoms with Crippen LogP contribution in [0.4, 0.5) is 5.69 Å². The van der Waals surface area contributed by atoms with Crippen molar-refractivity contribution < 1.29 is 20.1 Å². The monoisotopic (exact) mass is 282 g/mol. The molecule has 2 rings (SSSR count). The predicted octanol–water partition coefficient (Wildman–Crippen LogP) is -0.199. The number of carboxylic acids is 1. The molecule has 0 aliphatic carbocycles. The molecule has 1 heterocycles. The first-order chi connectivity index (χ1) is 8.81. The Morgan fingerprint density at radius 1 is 1.37 bits per heavy atom. The summed E-state index contributed by atoms with van der Waals surface area (Å²) in [7, 11) is 0. The van der Waals surface area contributed by atoms with Crippen LogP contribution in [0.1, 0.15) is 24.8 Å². The van der Waals surface area contributed by atoms with E-state index in [0.29, 0.717) is 0 Å². The summed E-state index contributed by atoms with van der Waals surface area (Å²) in [6.45, 7) is 3.72. The third-order valence-corrected chi connectivity index (χ3v) is 4.78. The summed E-state index contributed by atoms with van der Waals surface area (Å²) in [5.74, 6) is -1.08. The molecular formula is C12H14N2O4S. The molecule has 0 spiro atoms. The Balaban J connectivity index is 2.20. The summed E-state index contributed by atoms with van der Waals surface area (Å²) in [5, 5.41) is 23.3. The molecule has 2 atom stereocenters.